The van der Waals surface area contributed by atoms with E-state index in [1.54, 1.807) is 13.8 Å². The smallest absolute Gasteiger partial charge is 0.327 e. The van der Waals surface area contributed by atoms with Crippen molar-refractivity contribution in [3.05, 3.63) is 0 Å². The molecule has 0 spiro atoms. The van der Waals surface area contributed by atoms with E-state index in [1.807, 2.05) is 0 Å². The first-order chi connectivity index (χ1) is 22.4. The molecule has 0 aliphatic heterocycles. The van der Waals surface area contributed by atoms with Crippen molar-refractivity contribution in [2.24, 2.45) is 47.3 Å². The van der Waals surface area contributed by atoms with Gasteiger partial charge in [0.1, 0.15) is 11.2 Å². The largest absolute Gasteiger partial charge is 0.391 e. The molecule has 294 valence electrons. The minimum Gasteiger partial charge on any atom is -0.391 e. The third kappa shape index (κ3) is 10.2. The summed E-state index contributed by atoms with van der Waals surface area (Å²) in [6.07, 6.45) is 8.41. The Morgan fingerprint density at radius 3 is 1.04 bits per heavy atom. The first-order valence-corrected chi connectivity index (χ1v) is 21.1. The molecule has 13 heteroatoms. The third-order valence-corrected chi connectivity index (χ3v) is 14.1. The average Bonchev–Trinajstić information content (AvgIpc) is 3.89. The second-order valence-electron chi connectivity index (χ2n) is 16.3. The van der Waals surface area contributed by atoms with Gasteiger partial charge in [0.25, 0.3) is 0 Å². The number of hydrogen-bond donors (Lipinski definition) is 6. The molecule has 0 radical (unpaired) electrons. The Balaban J connectivity index is 0.000000333. The van der Waals surface area contributed by atoms with Gasteiger partial charge in [-0.25, -0.2) is 0 Å². The van der Waals surface area contributed by atoms with Crippen LogP contribution >= 0.6 is 17.2 Å². The Morgan fingerprint density at radius 2 is 0.816 bits per heavy atom. The predicted molar refractivity (Wildman–Crippen MR) is 191 cm³/mol. The van der Waals surface area contributed by atoms with Gasteiger partial charge in [-0.2, -0.15) is 0 Å². The van der Waals surface area contributed by atoms with Gasteiger partial charge in [0.2, 0.25) is 0 Å². The molecule has 0 saturated heterocycles. The van der Waals surface area contributed by atoms with Crippen molar-refractivity contribution in [3.8, 4) is 0 Å². The zero-order valence-electron chi connectivity index (χ0n) is 31.8. The van der Waals surface area contributed by atoms with Crippen LogP contribution in [-0.4, -0.2) is 77.6 Å². The Labute approximate surface area is 309 Å². The molecule has 10 unspecified atom stereocenters. The zero-order valence-corrected chi connectivity index (χ0v) is 34.6. The summed E-state index contributed by atoms with van der Waals surface area (Å²) in [5.41, 5.74) is -2.18. The van der Waals surface area contributed by atoms with Crippen molar-refractivity contribution in [2.75, 3.05) is 13.2 Å². The van der Waals surface area contributed by atoms with E-state index in [0.717, 1.165) is 64.2 Å². The van der Waals surface area contributed by atoms with Gasteiger partial charge in [-0.1, -0.05) is 81.1 Å². The molecule has 0 aromatic rings. The van der Waals surface area contributed by atoms with Crippen LogP contribution in [0.25, 0.3) is 0 Å². The van der Waals surface area contributed by atoms with Crippen LogP contribution in [0.1, 0.15) is 133 Å². The minimum absolute atomic E-state index is 0. The maximum atomic E-state index is 9.69. The molecule has 4 saturated carbocycles. The summed E-state index contributed by atoms with van der Waals surface area (Å²) in [5.74, 6) is 3.88. The molecule has 10 nitrogen and oxygen atoms in total. The van der Waals surface area contributed by atoms with Crippen molar-refractivity contribution in [2.45, 2.75) is 168 Å². The van der Waals surface area contributed by atoms with E-state index in [2.05, 4.69) is 55.4 Å². The fourth-order valence-electron chi connectivity index (χ4n) is 8.92. The second kappa shape index (κ2) is 19.0. The molecule has 4 aliphatic rings. The van der Waals surface area contributed by atoms with Crippen LogP contribution in [0.4, 0.5) is 0 Å². The van der Waals surface area contributed by atoms with Crippen LogP contribution in [0.3, 0.4) is 0 Å². The predicted octanol–water partition coefficient (Wildman–Crippen LogP) is 7.22. The standard InChI is InChI=1S/2C18H35O5P.Ni/c2*1-6-12(3)15-8-17(9-15,22-11-14(5)19)18(23-24(20)21)10-16(18)13(4)7-2;/h2*12-16,19-21H,6-11H2,1-5H3;. The number of aliphatic hydroxyl groups excluding tert-OH is 2. The maximum absolute atomic E-state index is 9.69. The fourth-order valence-corrected chi connectivity index (χ4v) is 10.3. The fraction of sp³-hybridized carbons (Fsp3) is 1.00. The van der Waals surface area contributed by atoms with Gasteiger partial charge < -0.3 is 48.3 Å². The summed E-state index contributed by atoms with van der Waals surface area (Å²) in [5, 5.41) is 19.4. The number of aliphatic hydroxyl groups is 2. The van der Waals surface area contributed by atoms with Crippen molar-refractivity contribution < 1.29 is 64.8 Å². The molecule has 4 fully saturated rings. The molecule has 0 amide bonds. The van der Waals surface area contributed by atoms with Crippen LogP contribution in [0.2, 0.25) is 0 Å². The van der Waals surface area contributed by atoms with Crippen molar-refractivity contribution >= 4 is 17.2 Å². The van der Waals surface area contributed by atoms with Gasteiger partial charge in [0.15, 0.2) is 0 Å². The van der Waals surface area contributed by atoms with Gasteiger partial charge >= 0.3 is 17.2 Å². The summed E-state index contributed by atoms with van der Waals surface area (Å²) in [6.45, 7) is 21.6. The zero-order chi connectivity index (χ0) is 36.2. The summed E-state index contributed by atoms with van der Waals surface area (Å²) >= 11 is 0. The van der Waals surface area contributed by atoms with Crippen molar-refractivity contribution in [1.82, 2.24) is 0 Å². The molecule has 0 aromatic heterocycles. The Kier molecular flexibility index (Phi) is 17.9. The quantitative estimate of drug-likeness (QED) is 0.0550. The van der Waals surface area contributed by atoms with E-state index in [0.29, 0.717) is 47.3 Å². The van der Waals surface area contributed by atoms with Gasteiger partial charge in [0.05, 0.1) is 36.6 Å². The van der Waals surface area contributed by atoms with Crippen LogP contribution in [0, 0.1) is 47.3 Å². The van der Waals surface area contributed by atoms with Crippen molar-refractivity contribution in [1.29, 1.82) is 0 Å². The van der Waals surface area contributed by atoms with E-state index in [1.165, 1.54) is 0 Å². The summed E-state index contributed by atoms with van der Waals surface area (Å²) < 4.78 is 23.9. The topological polar surface area (TPSA) is 158 Å². The molecule has 49 heavy (non-hydrogen) atoms. The number of hydrogen-bond acceptors (Lipinski definition) is 10. The van der Waals surface area contributed by atoms with Gasteiger partial charge in [-0.3, -0.25) is 0 Å². The van der Waals surface area contributed by atoms with E-state index in [4.69, 9.17) is 18.5 Å². The molecule has 4 aliphatic carbocycles. The Bertz CT molecular complexity index is 903. The molecule has 0 bridgehead atoms. The second-order valence-corrected chi connectivity index (χ2v) is 17.7. The van der Waals surface area contributed by atoms with Crippen LogP contribution in [0.15, 0.2) is 0 Å². The molecule has 0 heterocycles. The molecule has 4 rings (SSSR count). The summed E-state index contributed by atoms with van der Waals surface area (Å²) in [4.78, 5) is 38.3. The van der Waals surface area contributed by atoms with Crippen LogP contribution in [0.5, 0.6) is 0 Å². The first kappa shape index (κ1) is 46.1. The SMILES string of the molecule is CCC(C)C1CC(OCC(C)O)(C2(OP(O)O)CC2C(C)CC)C1.CCC(C)C1CC(OCC(C)O)(C2(OP(O)O)CC2C(C)CC)C1.[Ni]. The third-order valence-electron chi connectivity index (χ3n) is 13.1. The maximum Gasteiger partial charge on any atom is 0.327 e. The molecule has 10 atom stereocenters. The van der Waals surface area contributed by atoms with Crippen LogP contribution < -0.4 is 0 Å². The molecule has 6 N–H and O–H groups in total. The average molecular weight is 784 g/mol. The Hall–Kier alpha value is 0.954. The first-order valence-electron chi connectivity index (χ1n) is 18.8. The van der Waals surface area contributed by atoms with Crippen molar-refractivity contribution in [3.63, 3.8) is 0 Å². The molecular weight excluding hydrogens is 713 g/mol. The van der Waals surface area contributed by atoms with Gasteiger partial charge in [-0.05, 0) is 99.7 Å². The number of rotatable bonds is 20. The Morgan fingerprint density at radius 1 is 0.531 bits per heavy atom. The summed E-state index contributed by atoms with van der Waals surface area (Å²) in [7, 11) is -4.84. The normalized spacial score (nSPS) is 38.6. The van der Waals surface area contributed by atoms with Gasteiger partial charge in [0, 0.05) is 16.5 Å². The molecular formula is C36H70NiO10P2. The van der Waals surface area contributed by atoms with E-state index >= 15 is 0 Å². The van der Waals surface area contributed by atoms with E-state index in [-0.39, 0.29) is 29.7 Å². The monoisotopic (exact) mass is 782 g/mol. The summed E-state index contributed by atoms with van der Waals surface area (Å²) in [6, 6.07) is 0. The van der Waals surface area contributed by atoms with E-state index in [9.17, 15) is 29.8 Å². The minimum atomic E-state index is -2.42. The van der Waals surface area contributed by atoms with E-state index < -0.39 is 51.8 Å². The number of ether oxygens (including phenoxy) is 2. The van der Waals surface area contributed by atoms with Crippen LogP contribution in [-0.2, 0) is 35.0 Å². The molecule has 0 aromatic carbocycles. The van der Waals surface area contributed by atoms with Gasteiger partial charge in [-0.15, -0.1) is 0 Å².